The molecule has 2 N–H and O–H groups in total. The molecule has 0 bridgehead atoms. The highest BCUT2D eigenvalue weighted by atomic mass is 32.2. The maximum absolute atomic E-state index is 12.7. The predicted molar refractivity (Wildman–Crippen MR) is 126 cm³/mol. The molecule has 0 saturated carbocycles. The van der Waals surface area contributed by atoms with Crippen molar-refractivity contribution >= 4 is 26.0 Å². The second kappa shape index (κ2) is 11.2. The third-order valence-corrected chi connectivity index (χ3v) is 8.76. The van der Waals surface area contributed by atoms with E-state index < -0.39 is 26.0 Å². The number of rotatable bonds is 10. The molecular formula is C22H29N3O7S2. The molecule has 2 aromatic rings. The summed E-state index contributed by atoms with van der Waals surface area (Å²) in [6, 6.07) is 10.1. The van der Waals surface area contributed by atoms with Crippen LogP contribution in [0, 0.1) is 0 Å². The van der Waals surface area contributed by atoms with Crippen LogP contribution in [0.5, 0.6) is 11.5 Å². The number of carbonyl (C=O) groups is 1. The summed E-state index contributed by atoms with van der Waals surface area (Å²) >= 11 is 0. The van der Waals surface area contributed by atoms with Gasteiger partial charge >= 0.3 is 0 Å². The summed E-state index contributed by atoms with van der Waals surface area (Å²) in [6.45, 7) is 1.05. The van der Waals surface area contributed by atoms with Crippen molar-refractivity contribution in [1.82, 2.24) is 14.3 Å². The second-order valence-corrected chi connectivity index (χ2v) is 11.3. The van der Waals surface area contributed by atoms with Crippen LogP contribution in [0.4, 0.5) is 0 Å². The summed E-state index contributed by atoms with van der Waals surface area (Å²) in [6.07, 6.45) is 2.76. The number of hydrogen-bond acceptors (Lipinski definition) is 7. The Bertz CT molecular complexity index is 1210. The Morgan fingerprint density at radius 2 is 1.62 bits per heavy atom. The van der Waals surface area contributed by atoms with Crippen LogP contribution >= 0.6 is 0 Å². The minimum Gasteiger partial charge on any atom is -0.496 e. The highest BCUT2D eigenvalue weighted by Gasteiger charge is 2.25. The van der Waals surface area contributed by atoms with Crippen LogP contribution in [0.25, 0.3) is 0 Å². The number of nitrogens with one attached hydrogen (secondary N) is 2. The first kappa shape index (κ1) is 25.9. The van der Waals surface area contributed by atoms with Gasteiger partial charge in [0.25, 0.3) is 5.91 Å². The molecule has 0 atom stereocenters. The SMILES string of the molecule is CNC(=O)c1cc(S(=O)(=O)NCCOc2ccc(S(=O)(=O)N3CCCCC3)cc2)ccc1OC. The van der Waals surface area contributed by atoms with Crippen molar-refractivity contribution in [3.8, 4) is 11.5 Å². The lowest BCUT2D eigenvalue weighted by Crippen LogP contribution is -2.35. The normalized spacial score (nSPS) is 15.0. The van der Waals surface area contributed by atoms with E-state index in [-0.39, 0.29) is 34.3 Å². The third kappa shape index (κ3) is 6.06. The van der Waals surface area contributed by atoms with Gasteiger partial charge in [-0.25, -0.2) is 21.6 Å². The largest absolute Gasteiger partial charge is 0.496 e. The first-order valence-corrected chi connectivity index (χ1v) is 13.7. The molecule has 1 fully saturated rings. The minimum atomic E-state index is -3.89. The first-order chi connectivity index (χ1) is 16.2. The summed E-state index contributed by atoms with van der Waals surface area (Å²) in [4.78, 5) is 12.1. The van der Waals surface area contributed by atoms with E-state index in [1.165, 1.54) is 48.8 Å². The number of carbonyl (C=O) groups excluding carboxylic acids is 1. The maximum atomic E-state index is 12.7. The smallest absolute Gasteiger partial charge is 0.254 e. The number of hydrogen-bond donors (Lipinski definition) is 2. The zero-order valence-corrected chi connectivity index (χ0v) is 20.7. The van der Waals surface area contributed by atoms with Gasteiger partial charge in [0.1, 0.15) is 18.1 Å². The fourth-order valence-corrected chi connectivity index (χ4v) is 6.11. The average molecular weight is 512 g/mol. The molecule has 12 heteroatoms. The van der Waals surface area contributed by atoms with Crippen molar-refractivity contribution in [2.75, 3.05) is 40.4 Å². The van der Waals surface area contributed by atoms with Gasteiger partial charge in [-0.1, -0.05) is 6.42 Å². The molecule has 1 aliphatic heterocycles. The zero-order valence-electron chi connectivity index (χ0n) is 19.1. The lowest BCUT2D eigenvalue weighted by Gasteiger charge is -2.25. The zero-order chi connectivity index (χ0) is 24.8. The van der Waals surface area contributed by atoms with Gasteiger partial charge in [0.2, 0.25) is 20.0 Å². The highest BCUT2D eigenvalue weighted by Crippen LogP contribution is 2.24. The van der Waals surface area contributed by atoms with Crippen molar-refractivity contribution in [3.63, 3.8) is 0 Å². The van der Waals surface area contributed by atoms with Gasteiger partial charge in [0.05, 0.1) is 22.5 Å². The molecule has 34 heavy (non-hydrogen) atoms. The lowest BCUT2D eigenvalue weighted by molar-refractivity contribution is 0.0960. The Hall–Kier alpha value is -2.67. The molecule has 1 saturated heterocycles. The maximum Gasteiger partial charge on any atom is 0.254 e. The molecular weight excluding hydrogens is 482 g/mol. The number of amides is 1. The van der Waals surface area contributed by atoms with Gasteiger partial charge in [-0.3, -0.25) is 4.79 Å². The Labute approximate surface area is 200 Å². The van der Waals surface area contributed by atoms with Crippen LogP contribution in [0.1, 0.15) is 29.6 Å². The van der Waals surface area contributed by atoms with E-state index in [9.17, 15) is 21.6 Å². The molecule has 1 heterocycles. The van der Waals surface area contributed by atoms with E-state index in [1.54, 1.807) is 12.1 Å². The quantitative estimate of drug-likeness (QED) is 0.463. The van der Waals surface area contributed by atoms with Crippen LogP contribution in [0.3, 0.4) is 0 Å². The van der Waals surface area contributed by atoms with Crippen molar-refractivity contribution in [2.45, 2.75) is 29.1 Å². The van der Waals surface area contributed by atoms with Gasteiger partial charge in [-0.15, -0.1) is 0 Å². The summed E-state index contributed by atoms with van der Waals surface area (Å²) in [5.74, 6) is 0.207. The number of methoxy groups -OCH3 is 1. The Morgan fingerprint density at radius 3 is 2.24 bits per heavy atom. The van der Waals surface area contributed by atoms with Crippen molar-refractivity contribution < 1.29 is 31.1 Å². The van der Waals surface area contributed by atoms with Crippen molar-refractivity contribution in [3.05, 3.63) is 48.0 Å². The topological polar surface area (TPSA) is 131 Å². The fourth-order valence-electron chi connectivity index (χ4n) is 3.56. The van der Waals surface area contributed by atoms with E-state index in [0.717, 1.165) is 19.3 Å². The highest BCUT2D eigenvalue weighted by molar-refractivity contribution is 7.89. The standard InChI is InChI=1S/C22H29N3O7S2/c1-23-22(26)20-16-19(10-11-21(20)31-2)33(27,28)24-12-15-32-17-6-8-18(9-7-17)34(29,30)25-13-4-3-5-14-25/h6-11,16,24H,3-5,12-15H2,1-2H3,(H,23,26). The predicted octanol–water partition coefficient (Wildman–Crippen LogP) is 1.59. The number of ether oxygens (including phenoxy) is 2. The molecule has 1 aliphatic rings. The van der Waals surface area contributed by atoms with Crippen LogP contribution < -0.4 is 19.5 Å². The second-order valence-electron chi connectivity index (χ2n) is 7.62. The number of benzene rings is 2. The van der Waals surface area contributed by atoms with Crippen LogP contribution in [-0.2, 0) is 20.0 Å². The number of sulfonamides is 2. The van der Waals surface area contributed by atoms with E-state index in [0.29, 0.717) is 18.8 Å². The first-order valence-electron chi connectivity index (χ1n) is 10.8. The van der Waals surface area contributed by atoms with Gasteiger partial charge in [-0.2, -0.15) is 4.31 Å². The Morgan fingerprint density at radius 1 is 0.971 bits per heavy atom. The molecule has 3 rings (SSSR count). The van der Waals surface area contributed by atoms with E-state index in [2.05, 4.69) is 10.0 Å². The summed E-state index contributed by atoms with van der Waals surface area (Å²) in [5, 5.41) is 2.44. The monoisotopic (exact) mass is 511 g/mol. The average Bonchev–Trinajstić information content (AvgIpc) is 2.86. The fraction of sp³-hybridized carbons (Fsp3) is 0.409. The summed E-state index contributed by atoms with van der Waals surface area (Å²) < 4.78 is 65.2. The van der Waals surface area contributed by atoms with Crippen molar-refractivity contribution in [2.24, 2.45) is 0 Å². The molecule has 0 aliphatic carbocycles. The van der Waals surface area contributed by atoms with Crippen molar-refractivity contribution in [1.29, 1.82) is 0 Å². The van der Waals surface area contributed by atoms with Gasteiger partial charge in [0, 0.05) is 26.7 Å². The van der Waals surface area contributed by atoms with E-state index in [1.807, 2.05) is 0 Å². The number of nitrogens with zero attached hydrogens (tertiary/aromatic N) is 1. The van der Waals surface area contributed by atoms with E-state index >= 15 is 0 Å². The minimum absolute atomic E-state index is 0.0237. The summed E-state index contributed by atoms with van der Waals surface area (Å²) in [7, 11) is -4.59. The Balaban J connectivity index is 1.57. The number of piperidine rings is 1. The molecule has 1 amide bonds. The summed E-state index contributed by atoms with van der Waals surface area (Å²) in [5.41, 5.74) is 0.101. The van der Waals surface area contributed by atoms with Gasteiger partial charge in [0.15, 0.2) is 0 Å². The van der Waals surface area contributed by atoms with Gasteiger partial charge < -0.3 is 14.8 Å². The van der Waals surface area contributed by atoms with Gasteiger partial charge in [-0.05, 0) is 55.3 Å². The molecule has 0 spiro atoms. The van der Waals surface area contributed by atoms with Crippen LogP contribution in [0.15, 0.2) is 52.3 Å². The molecule has 0 aromatic heterocycles. The Kier molecular flexibility index (Phi) is 8.52. The third-order valence-electron chi connectivity index (χ3n) is 5.39. The molecule has 2 aromatic carbocycles. The van der Waals surface area contributed by atoms with E-state index in [4.69, 9.17) is 9.47 Å². The lowest BCUT2D eigenvalue weighted by atomic mass is 10.2. The molecule has 186 valence electrons. The molecule has 0 radical (unpaired) electrons. The molecule has 0 unspecified atom stereocenters. The van der Waals surface area contributed by atoms with Crippen LogP contribution in [-0.4, -0.2) is 67.4 Å². The van der Waals surface area contributed by atoms with Crippen LogP contribution in [0.2, 0.25) is 0 Å². The molecule has 10 nitrogen and oxygen atoms in total.